The van der Waals surface area contributed by atoms with Crippen molar-refractivity contribution in [3.8, 4) is 0 Å². The molecule has 2 aliphatic rings. The van der Waals surface area contributed by atoms with Gasteiger partial charge in [-0.1, -0.05) is 42.5 Å². The highest BCUT2D eigenvalue weighted by Gasteiger charge is 2.57. The number of fused-ring (bicyclic) bond motifs is 2. The number of carbonyl (C=O) groups is 2. The molecule has 0 aromatic heterocycles. The molecule has 5 nitrogen and oxygen atoms in total. The predicted octanol–water partition coefficient (Wildman–Crippen LogP) is 4.73. The Labute approximate surface area is 174 Å². The molecule has 1 atom stereocenters. The standard InChI is InChI=1S/C25H20N2O3/c1-17-12-13-20-21(16-17)26-24-25(22(20)28,30-23(29)18-8-4-2-5-9-18)14-15-27(24)19-10-6-3-7-11-19/h2-13,16H,14-15H2,1H3/t25-/m1/s1. The Hall–Kier alpha value is -3.73. The third-order valence-electron chi connectivity index (χ3n) is 5.64. The summed E-state index contributed by atoms with van der Waals surface area (Å²) in [5, 5.41) is 0. The highest BCUT2D eigenvalue weighted by Crippen LogP contribution is 2.42. The number of aliphatic imine (C=N–C) groups is 1. The summed E-state index contributed by atoms with van der Waals surface area (Å²) in [7, 11) is 0. The van der Waals surface area contributed by atoms with Gasteiger partial charge in [-0.3, -0.25) is 4.79 Å². The van der Waals surface area contributed by atoms with Crippen molar-refractivity contribution in [3.63, 3.8) is 0 Å². The maximum Gasteiger partial charge on any atom is 0.339 e. The monoisotopic (exact) mass is 396 g/mol. The van der Waals surface area contributed by atoms with Gasteiger partial charge in [0.25, 0.3) is 0 Å². The van der Waals surface area contributed by atoms with Gasteiger partial charge in [0.15, 0.2) is 5.84 Å². The number of benzene rings is 3. The van der Waals surface area contributed by atoms with Gasteiger partial charge in [0.05, 0.1) is 11.3 Å². The molecular formula is C25H20N2O3. The van der Waals surface area contributed by atoms with Gasteiger partial charge in [-0.15, -0.1) is 0 Å². The van der Waals surface area contributed by atoms with E-state index in [1.807, 2.05) is 60.4 Å². The number of amidine groups is 1. The second-order valence-corrected chi connectivity index (χ2v) is 7.60. The number of rotatable bonds is 3. The normalized spacial score (nSPS) is 19.7. The molecule has 5 heteroatoms. The molecule has 0 aliphatic carbocycles. The Bertz CT molecular complexity index is 1170. The molecule has 0 N–H and O–H groups in total. The summed E-state index contributed by atoms with van der Waals surface area (Å²) in [6, 6.07) is 24.0. The SMILES string of the molecule is Cc1ccc2c(c1)N=C1N(c3ccccc3)CC[C@@]1(OC(=O)c1ccccc1)C2=O. The number of ether oxygens (including phenoxy) is 1. The number of nitrogens with zero attached hydrogens (tertiary/aromatic N) is 2. The smallest absolute Gasteiger partial charge is 0.339 e. The van der Waals surface area contributed by atoms with E-state index in [4.69, 9.17) is 9.73 Å². The molecule has 2 aliphatic heterocycles. The molecule has 0 amide bonds. The number of hydrogen-bond acceptors (Lipinski definition) is 5. The van der Waals surface area contributed by atoms with Crippen LogP contribution in [0.15, 0.2) is 83.9 Å². The molecule has 30 heavy (non-hydrogen) atoms. The zero-order valence-corrected chi connectivity index (χ0v) is 16.5. The molecule has 148 valence electrons. The van der Waals surface area contributed by atoms with E-state index in [0.717, 1.165) is 11.3 Å². The molecule has 2 heterocycles. The van der Waals surface area contributed by atoms with Gasteiger partial charge in [-0.2, -0.15) is 0 Å². The largest absolute Gasteiger partial charge is 0.439 e. The van der Waals surface area contributed by atoms with E-state index in [2.05, 4.69) is 0 Å². The number of anilines is 1. The fourth-order valence-electron chi connectivity index (χ4n) is 4.12. The lowest BCUT2D eigenvalue weighted by molar-refractivity contribution is 0.0139. The first kappa shape index (κ1) is 18.3. The third kappa shape index (κ3) is 2.82. The molecule has 0 spiro atoms. The van der Waals surface area contributed by atoms with Gasteiger partial charge in [-0.05, 0) is 48.9 Å². The number of hydrogen-bond donors (Lipinski definition) is 0. The van der Waals surface area contributed by atoms with Crippen LogP contribution in [0.2, 0.25) is 0 Å². The molecule has 0 radical (unpaired) electrons. The summed E-state index contributed by atoms with van der Waals surface area (Å²) in [4.78, 5) is 33.5. The molecule has 0 bridgehead atoms. The van der Waals surface area contributed by atoms with E-state index >= 15 is 0 Å². The van der Waals surface area contributed by atoms with Crippen LogP contribution < -0.4 is 4.90 Å². The van der Waals surface area contributed by atoms with Gasteiger partial charge in [0.1, 0.15) is 0 Å². The van der Waals surface area contributed by atoms with Crippen molar-refractivity contribution in [1.82, 2.24) is 0 Å². The van der Waals surface area contributed by atoms with Crippen LogP contribution in [0.25, 0.3) is 0 Å². The van der Waals surface area contributed by atoms with Crippen LogP contribution in [0.4, 0.5) is 11.4 Å². The average molecular weight is 396 g/mol. The van der Waals surface area contributed by atoms with Crippen LogP contribution in [0.1, 0.15) is 32.7 Å². The fourth-order valence-corrected chi connectivity index (χ4v) is 4.12. The quantitative estimate of drug-likeness (QED) is 0.601. The first-order valence-electron chi connectivity index (χ1n) is 9.94. The summed E-state index contributed by atoms with van der Waals surface area (Å²) < 4.78 is 5.98. The summed E-state index contributed by atoms with van der Waals surface area (Å²) in [5.74, 6) is -0.270. The molecule has 1 fully saturated rings. The highest BCUT2D eigenvalue weighted by molar-refractivity contribution is 6.29. The second kappa shape index (κ2) is 6.95. The van der Waals surface area contributed by atoms with E-state index in [-0.39, 0.29) is 5.78 Å². The first-order valence-corrected chi connectivity index (χ1v) is 9.94. The summed E-state index contributed by atoms with van der Waals surface area (Å²) in [6.07, 6.45) is 0.353. The van der Waals surface area contributed by atoms with Crippen molar-refractivity contribution in [2.24, 2.45) is 4.99 Å². The first-order chi connectivity index (χ1) is 14.6. The molecular weight excluding hydrogens is 376 g/mol. The van der Waals surface area contributed by atoms with Crippen LogP contribution in [0.5, 0.6) is 0 Å². The van der Waals surface area contributed by atoms with Crippen LogP contribution in [-0.4, -0.2) is 29.7 Å². The number of esters is 1. The number of ketones is 1. The third-order valence-corrected chi connectivity index (χ3v) is 5.64. The number of Topliss-reactive ketones (excluding diaryl/α,β-unsaturated/α-hetero) is 1. The number of para-hydroxylation sites is 1. The molecule has 5 rings (SSSR count). The van der Waals surface area contributed by atoms with Gasteiger partial charge >= 0.3 is 5.97 Å². The Kier molecular flexibility index (Phi) is 4.24. The lowest BCUT2D eigenvalue weighted by Crippen LogP contribution is -2.52. The van der Waals surface area contributed by atoms with Crippen LogP contribution >= 0.6 is 0 Å². The van der Waals surface area contributed by atoms with Crippen molar-refractivity contribution in [2.75, 3.05) is 11.4 Å². The van der Waals surface area contributed by atoms with Crippen molar-refractivity contribution in [1.29, 1.82) is 0 Å². The van der Waals surface area contributed by atoms with Crippen molar-refractivity contribution >= 4 is 29.0 Å². The van der Waals surface area contributed by atoms with Gasteiger partial charge in [-0.25, -0.2) is 9.79 Å². The van der Waals surface area contributed by atoms with E-state index in [9.17, 15) is 9.59 Å². The van der Waals surface area contributed by atoms with Gasteiger partial charge in [0.2, 0.25) is 11.4 Å². The Morgan fingerprint density at radius 3 is 2.43 bits per heavy atom. The maximum atomic E-state index is 13.7. The topological polar surface area (TPSA) is 59.0 Å². The van der Waals surface area contributed by atoms with Gasteiger partial charge < -0.3 is 9.64 Å². The number of carbonyl (C=O) groups excluding carboxylic acids is 2. The van der Waals surface area contributed by atoms with E-state index in [0.29, 0.717) is 35.6 Å². The van der Waals surface area contributed by atoms with E-state index < -0.39 is 11.6 Å². The highest BCUT2D eigenvalue weighted by atomic mass is 16.6. The molecule has 0 saturated carbocycles. The second-order valence-electron chi connectivity index (χ2n) is 7.60. The maximum absolute atomic E-state index is 13.7. The predicted molar refractivity (Wildman–Crippen MR) is 116 cm³/mol. The lowest BCUT2D eigenvalue weighted by atomic mass is 9.86. The van der Waals surface area contributed by atoms with Crippen LogP contribution in [0, 0.1) is 6.92 Å². The molecule has 0 unspecified atom stereocenters. The minimum Gasteiger partial charge on any atom is -0.439 e. The summed E-state index contributed by atoms with van der Waals surface area (Å²) >= 11 is 0. The van der Waals surface area contributed by atoms with E-state index in [1.165, 1.54) is 0 Å². The zero-order chi connectivity index (χ0) is 20.7. The minimum absolute atomic E-state index is 0.217. The Morgan fingerprint density at radius 1 is 1.00 bits per heavy atom. The van der Waals surface area contributed by atoms with Crippen molar-refractivity contribution in [3.05, 3.63) is 95.6 Å². The van der Waals surface area contributed by atoms with Crippen LogP contribution in [0.3, 0.4) is 0 Å². The zero-order valence-electron chi connectivity index (χ0n) is 16.5. The van der Waals surface area contributed by atoms with Crippen LogP contribution in [-0.2, 0) is 4.74 Å². The summed E-state index contributed by atoms with van der Waals surface area (Å²) in [5.41, 5.74) is 2.02. The van der Waals surface area contributed by atoms with Crippen molar-refractivity contribution in [2.45, 2.75) is 18.9 Å². The van der Waals surface area contributed by atoms with E-state index in [1.54, 1.807) is 30.3 Å². The average Bonchev–Trinajstić information content (AvgIpc) is 3.14. The van der Waals surface area contributed by atoms with Crippen molar-refractivity contribution < 1.29 is 14.3 Å². The number of aryl methyl sites for hydroxylation is 1. The van der Waals surface area contributed by atoms with Gasteiger partial charge in [0, 0.05) is 24.2 Å². The lowest BCUT2D eigenvalue weighted by Gasteiger charge is -2.33. The fraction of sp³-hybridized carbons (Fsp3) is 0.160. The minimum atomic E-state index is -1.43. The Morgan fingerprint density at radius 2 is 1.70 bits per heavy atom. The Balaban J connectivity index is 1.64. The molecule has 3 aromatic carbocycles. The molecule has 3 aromatic rings. The molecule has 1 saturated heterocycles. The summed E-state index contributed by atoms with van der Waals surface area (Å²) in [6.45, 7) is 2.50.